The predicted molar refractivity (Wildman–Crippen MR) is 23.6 cm³/mol. The average molecular weight is 146 g/mol. The van der Waals surface area contributed by atoms with Crippen molar-refractivity contribution < 1.29 is 9.92 Å². The topological polar surface area (TPSA) is 52.4 Å². The van der Waals surface area contributed by atoms with E-state index in [4.69, 9.17) is 23.2 Å². The van der Waals surface area contributed by atoms with Gasteiger partial charge in [0.25, 0.3) is 10.1 Å². The van der Waals surface area contributed by atoms with Crippen LogP contribution in [0.5, 0.6) is 0 Å². The molecule has 0 spiro atoms. The highest BCUT2D eigenvalue weighted by Crippen LogP contribution is 2.01. The van der Waals surface area contributed by atoms with Crippen LogP contribution in [0.25, 0.3) is 0 Å². The normalized spacial score (nSPS) is 9.00. The zero-order valence-electron chi connectivity index (χ0n) is 3.01. The van der Waals surface area contributed by atoms with Crippen LogP contribution >= 0.6 is 23.2 Å². The van der Waals surface area contributed by atoms with E-state index >= 15 is 0 Å². The second-order valence-corrected chi connectivity index (χ2v) is 1.61. The summed E-state index contributed by atoms with van der Waals surface area (Å²) in [4.78, 5) is 12.7. The second kappa shape index (κ2) is 2.87. The van der Waals surface area contributed by atoms with Crippen molar-refractivity contribution in [3.63, 3.8) is 0 Å². The van der Waals surface area contributed by atoms with E-state index in [9.17, 15) is 10.1 Å². The Morgan fingerprint density at radius 3 is 2.14 bits per heavy atom. The van der Waals surface area contributed by atoms with Crippen LogP contribution in [0.2, 0.25) is 0 Å². The van der Waals surface area contributed by atoms with Gasteiger partial charge in [0.2, 0.25) is 0 Å². The zero-order valence-corrected chi connectivity index (χ0v) is 4.52. The van der Waals surface area contributed by atoms with Crippen LogP contribution < -0.4 is 0 Å². The minimum absolute atomic E-state index is 1.06. The lowest BCUT2D eigenvalue weighted by Gasteiger charge is -1.92. The third-order valence-electron chi connectivity index (χ3n) is 0.166. The van der Waals surface area contributed by atoms with E-state index in [1.54, 1.807) is 0 Å². The first-order chi connectivity index (χ1) is 3.13. The first kappa shape index (κ1) is 6.78. The first-order valence-corrected chi connectivity index (χ1v) is 2.09. The van der Waals surface area contributed by atoms with Crippen molar-refractivity contribution >= 4 is 23.2 Å². The van der Waals surface area contributed by atoms with Crippen molar-refractivity contribution in [2.45, 2.75) is 5.02 Å². The summed E-state index contributed by atoms with van der Waals surface area (Å²) in [7, 11) is 0. The lowest BCUT2D eigenvalue weighted by atomic mass is 11.7. The van der Waals surface area contributed by atoms with Gasteiger partial charge in [0.05, 0.1) is 0 Å². The molecule has 0 N–H and O–H groups in total. The summed E-state index contributed by atoms with van der Waals surface area (Å²) in [5.74, 6) is 0. The van der Waals surface area contributed by atoms with Crippen LogP contribution in [0.3, 0.4) is 0 Å². The van der Waals surface area contributed by atoms with Gasteiger partial charge in [-0.2, -0.15) is 0 Å². The fourth-order valence-corrected chi connectivity index (χ4v) is 0.195. The highest BCUT2D eigenvalue weighted by molar-refractivity contribution is 6.43. The summed E-state index contributed by atoms with van der Waals surface area (Å²) >= 11 is 9.55. The van der Waals surface area contributed by atoms with Crippen molar-refractivity contribution in [1.82, 2.24) is 0 Å². The molecule has 7 heavy (non-hydrogen) atoms. The lowest BCUT2D eigenvalue weighted by molar-refractivity contribution is -0.757. The van der Waals surface area contributed by atoms with E-state index in [1.165, 1.54) is 0 Å². The molecule has 0 aromatic rings. The minimum atomic E-state index is -1.38. The van der Waals surface area contributed by atoms with Crippen LogP contribution in [0, 0.1) is 10.1 Å². The Morgan fingerprint density at radius 1 is 1.71 bits per heavy atom. The molecule has 0 saturated carbocycles. The maximum atomic E-state index is 9.22. The molecule has 0 amide bonds. The molecule has 0 atom stereocenters. The quantitative estimate of drug-likeness (QED) is 0.331. The van der Waals surface area contributed by atoms with Gasteiger partial charge in [-0.1, -0.05) is 23.2 Å². The summed E-state index contributed by atoms with van der Waals surface area (Å²) in [5.41, 5.74) is 0. The molecule has 0 bridgehead atoms. The summed E-state index contributed by atoms with van der Waals surface area (Å²) in [6.07, 6.45) is 0. The van der Waals surface area contributed by atoms with Gasteiger partial charge in [-0.3, -0.25) is 4.84 Å². The van der Waals surface area contributed by atoms with Gasteiger partial charge in [-0.25, -0.2) is 0 Å². The molecular formula is CHCl2NO3. The molecule has 42 valence electrons. The van der Waals surface area contributed by atoms with Crippen molar-refractivity contribution in [2.75, 3.05) is 0 Å². The molecule has 0 radical (unpaired) electrons. The minimum Gasteiger partial charge on any atom is -0.278 e. The van der Waals surface area contributed by atoms with Crippen LogP contribution in [-0.2, 0) is 4.84 Å². The number of halogens is 2. The van der Waals surface area contributed by atoms with Gasteiger partial charge < -0.3 is 0 Å². The van der Waals surface area contributed by atoms with Crippen LogP contribution in [-0.4, -0.2) is 10.1 Å². The highest BCUT2D eigenvalue weighted by atomic mass is 35.5. The first-order valence-electron chi connectivity index (χ1n) is 1.22. The maximum absolute atomic E-state index is 9.22. The van der Waals surface area contributed by atoms with E-state index in [0.717, 1.165) is 0 Å². The Labute approximate surface area is 49.1 Å². The van der Waals surface area contributed by atoms with Crippen molar-refractivity contribution in [1.29, 1.82) is 0 Å². The number of alkyl halides is 2. The number of hydrogen-bond acceptors (Lipinski definition) is 3. The molecule has 0 aromatic heterocycles. The van der Waals surface area contributed by atoms with E-state index in [-0.39, 0.29) is 0 Å². The van der Waals surface area contributed by atoms with Crippen molar-refractivity contribution in [3.05, 3.63) is 10.1 Å². The Kier molecular flexibility index (Phi) is 2.78. The van der Waals surface area contributed by atoms with Gasteiger partial charge in [0.1, 0.15) is 0 Å². The number of hydrogen-bond donors (Lipinski definition) is 0. The fraction of sp³-hybridized carbons (Fsp3) is 1.00. The van der Waals surface area contributed by atoms with Gasteiger partial charge in [-0.05, 0) is 0 Å². The monoisotopic (exact) mass is 145 g/mol. The molecule has 6 heteroatoms. The number of rotatable bonds is 2. The standard InChI is InChI=1S/CHCl2NO3/c2-1(3)7-4(5)6/h1H. The third kappa shape index (κ3) is 5.78. The maximum Gasteiger partial charge on any atom is 0.297 e. The summed E-state index contributed by atoms with van der Waals surface area (Å²) in [5, 5.41) is 6.78. The Balaban J connectivity index is 3.13. The van der Waals surface area contributed by atoms with Gasteiger partial charge in [0, 0.05) is 0 Å². The van der Waals surface area contributed by atoms with Gasteiger partial charge >= 0.3 is 0 Å². The molecule has 0 aliphatic carbocycles. The molecule has 0 aliphatic heterocycles. The Hall–Kier alpha value is -0.220. The Morgan fingerprint density at radius 2 is 2.14 bits per heavy atom. The fourth-order valence-electron chi connectivity index (χ4n) is 0.0651. The SMILES string of the molecule is O=[N+]([O-])OC(Cl)Cl. The lowest BCUT2D eigenvalue weighted by Crippen LogP contribution is -2.03. The molecule has 0 unspecified atom stereocenters. The molecule has 0 aromatic carbocycles. The van der Waals surface area contributed by atoms with Crippen LogP contribution in [0.4, 0.5) is 0 Å². The summed E-state index contributed by atoms with van der Waals surface area (Å²) in [6.45, 7) is 0. The van der Waals surface area contributed by atoms with Crippen molar-refractivity contribution in [3.8, 4) is 0 Å². The van der Waals surface area contributed by atoms with Gasteiger partial charge in [0.15, 0.2) is 0 Å². The third-order valence-corrected chi connectivity index (χ3v) is 0.325. The van der Waals surface area contributed by atoms with Crippen LogP contribution in [0.1, 0.15) is 0 Å². The van der Waals surface area contributed by atoms with E-state index in [1.807, 2.05) is 0 Å². The molecule has 0 fully saturated rings. The Bertz CT molecular complexity index is 73.3. The number of nitrogens with zero attached hydrogens (tertiary/aromatic N) is 1. The van der Waals surface area contributed by atoms with Crippen molar-refractivity contribution in [2.24, 2.45) is 0 Å². The van der Waals surface area contributed by atoms with E-state index < -0.39 is 10.1 Å². The zero-order chi connectivity index (χ0) is 5.86. The van der Waals surface area contributed by atoms with Gasteiger partial charge in [-0.15, -0.1) is 10.1 Å². The molecular weight excluding hydrogens is 145 g/mol. The molecule has 0 saturated heterocycles. The summed E-state index contributed by atoms with van der Waals surface area (Å²) in [6, 6.07) is 0. The molecule has 0 aliphatic rings. The van der Waals surface area contributed by atoms with Crippen LogP contribution in [0.15, 0.2) is 0 Å². The predicted octanol–water partition coefficient (Wildman–Crippen LogP) is 0.956. The van der Waals surface area contributed by atoms with E-state index in [0.29, 0.717) is 0 Å². The molecule has 0 rings (SSSR count). The van der Waals surface area contributed by atoms with E-state index in [2.05, 4.69) is 4.84 Å². The molecule has 4 nitrogen and oxygen atoms in total. The molecule has 0 heterocycles. The smallest absolute Gasteiger partial charge is 0.278 e. The second-order valence-electron chi connectivity index (χ2n) is 0.590. The summed E-state index contributed by atoms with van der Waals surface area (Å²) < 4.78 is 0. The largest absolute Gasteiger partial charge is 0.297 e. The average Bonchev–Trinajstić information content (AvgIpc) is 1.27. The highest BCUT2D eigenvalue weighted by Gasteiger charge is 2.00.